The predicted octanol–water partition coefficient (Wildman–Crippen LogP) is 6.26. The molecule has 0 amide bonds. The molecule has 1 aromatic heterocycles. The first-order valence-corrected chi connectivity index (χ1v) is 10.2. The molecule has 4 heteroatoms. The van der Waals surface area contributed by atoms with Crippen LogP contribution in [0, 0.1) is 0 Å². The van der Waals surface area contributed by atoms with E-state index in [9.17, 15) is 0 Å². The van der Waals surface area contributed by atoms with Crippen molar-refractivity contribution in [2.24, 2.45) is 0 Å². The predicted molar refractivity (Wildman–Crippen MR) is 107 cm³/mol. The third-order valence-corrected chi connectivity index (χ3v) is 6.10. The van der Waals surface area contributed by atoms with Crippen molar-refractivity contribution in [3.63, 3.8) is 0 Å². The lowest BCUT2D eigenvalue weighted by atomic mass is 10.0. The Bertz CT molecular complexity index is 774. The van der Waals surface area contributed by atoms with Gasteiger partial charge in [-0.3, -0.25) is 0 Å². The Balaban J connectivity index is 2.07. The fraction of sp³-hybridized carbons (Fsp3) is 0.429. The number of para-hydroxylation sites is 1. The van der Waals surface area contributed by atoms with E-state index in [2.05, 4.69) is 77.4 Å². The maximum atomic E-state index is 4.62. The van der Waals surface area contributed by atoms with Gasteiger partial charge in [-0.1, -0.05) is 86.8 Å². The zero-order valence-electron chi connectivity index (χ0n) is 15.2. The van der Waals surface area contributed by atoms with Crippen LogP contribution in [0.15, 0.2) is 59.5 Å². The lowest BCUT2D eigenvalue weighted by Crippen LogP contribution is -2.31. The van der Waals surface area contributed by atoms with Gasteiger partial charge in [0.2, 0.25) is 0 Å². The van der Waals surface area contributed by atoms with Crippen molar-refractivity contribution in [1.82, 2.24) is 15.0 Å². The first kappa shape index (κ1) is 18.0. The van der Waals surface area contributed by atoms with Gasteiger partial charge in [-0.05, 0) is 37.1 Å². The highest BCUT2D eigenvalue weighted by Crippen LogP contribution is 2.45. The number of rotatable bonds is 9. The summed E-state index contributed by atoms with van der Waals surface area (Å²) < 4.78 is 2.20. The van der Waals surface area contributed by atoms with Gasteiger partial charge in [0.15, 0.2) is 0 Å². The monoisotopic (exact) mass is 353 g/mol. The zero-order chi connectivity index (χ0) is 17.5. The van der Waals surface area contributed by atoms with Gasteiger partial charge in [0.05, 0.1) is 5.52 Å². The smallest absolute Gasteiger partial charge is 0.115 e. The fourth-order valence-electron chi connectivity index (χ4n) is 3.27. The van der Waals surface area contributed by atoms with Crippen LogP contribution in [0.5, 0.6) is 0 Å². The summed E-state index contributed by atoms with van der Waals surface area (Å²) in [6.07, 6.45) is 6.98. The van der Waals surface area contributed by atoms with Gasteiger partial charge < -0.3 is 0 Å². The van der Waals surface area contributed by atoms with Crippen LogP contribution in [0.1, 0.15) is 52.4 Å². The number of aromatic nitrogens is 3. The topological polar surface area (TPSA) is 30.7 Å². The van der Waals surface area contributed by atoms with Crippen molar-refractivity contribution >= 4 is 22.8 Å². The van der Waals surface area contributed by atoms with Crippen molar-refractivity contribution in [2.45, 2.75) is 62.1 Å². The molecule has 0 aliphatic rings. The van der Waals surface area contributed by atoms with Crippen LogP contribution in [0.4, 0.5) is 0 Å². The average Bonchev–Trinajstić information content (AvgIpc) is 3.10. The Kier molecular flexibility index (Phi) is 6.14. The SMILES string of the molecule is CCCCC(CCCC)(Sc1ccccc1)n1nnc2ccccc21. The maximum Gasteiger partial charge on any atom is 0.115 e. The van der Waals surface area contributed by atoms with E-state index in [0.29, 0.717) is 0 Å². The number of unbranched alkanes of at least 4 members (excludes halogenated alkanes) is 2. The summed E-state index contributed by atoms with van der Waals surface area (Å²) in [5, 5.41) is 9.06. The summed E-state index contributed by atoms with van der Waals surface area (Å²) in [4.78, 5) is 1.22. The summed E-state index contributed by atoms with van der Waals surface area (Å²) >= 11 is 1.95. The Morgan fingerprint density at radius 3 is 2.20 bits per heavy atom. The van der Waals surface area contributed by atoms with E-state index < -0.39 is 0 Å². The molecular weight excluding hydrogens is 326 g/mol. The molecule has 3 rings (SSSR count). The molecule has 3 nitrogen and oxygen atoms in total. The number of thioether (sulfide) groups is 1. The molecule has 0 saturated carbocycles. The molecule has 0 aliphatic carbocycles. The Morgan fingerprint density at radius 1 is 0.880 bits per heavy atom. The average molecular weight is 354 g/mol. The molecule has 0 atom stereocenters. The quantitative estimate of drug-likeness (QED) is 0.426. The lowest BCUT2D eigenvalue weighted by Gasteiger charge is -2.34. The molecular formula is C21H27N3S. The molecule has 0 N–H and O–H groups in total. The van der Waals surface area contributed by atoms with Crippen molar-refractivity contribution in [3.05, 3.63) is 54.6 Å². The first-order chi connectivity index (χ1) is 12.3. The molecule has 25 heavy (non-hydrogen) atoms. The largest absolute Gasteiger partial charge is 0.228 e. The van der Waals surface area contributed by atoms with Gasteiger partial charge in [-0.25, -0.2) is 4.68 Å². The number of fused-ring (bicyclic) bond motifs is 1. The van der Waals surface area contributed by atoms with E-state index in [1.54, 1.807) is 0 Å². The fourth-order valence-corrected chi connectivity index (χ4v) is 4.71. The number of benzene rings is 2. The standard InChI is InChI=1S/C21H27N3S/c1-3-5-16-21(17-6-4-2,25-18-12-8-7-9-13-18)24-20-15-11-10-14-19(20)22-23-24/h7-15H,3-6,16-17H2,1-2H3. The van der Waals surface area contributed by atoms with E-state index in [0.717, 1.165) is 23.9 Å². The highest BCUT2D eigenvalue weighted by molar-refractivity contribution is 8.00. The second-order valence-corrected chi connectivity index (χ2v) is 7.99. The Morgan fingerprint density at radius 2 is 1.52 bits per heavy atom. The molecule has 0 fully saturated rings. The van der Waals surface area contributed by atoms with Crippen LogP contribution in [0.25, 0.3) is 11.0 Å². The minimum Gasteiger partial charge on any atom is -0.228 e. The van der Waals surface area contributed by atoms with Gasteiger partial charge in [-0.15, -0.1) is 5.10 Å². The number of hydrogen-bond donors (Lipinski definition) is 0. The van der Waals surface area contributed by atoms with Gasteiger partial charge in [0.1, 0.15) is 10.4 Å². The molecule has 3 aromatic rings. The summed E-state index contributed by atoms with van der Waals surface area (Å²) in [5.74, 6) is 0. The molecule has 132 valence electrons. The third-order valence-electron chi connectivity index (χ3n) is 4.63. The molecule has 0 bridgehead atoms. The Hall–Kier alpha value is -1.81. The molecule has 0 aliphatic heterocycles. The molecule has 0 saturated heterocycles. The molecule has 1 heterocycles. The van der Waals surface area contributed by atoms with E-state index in [1.807, 2.05) is 17.8 Å². The van der Waals surface area contributed by atoms with Gasteiger partial charge in [0.25, 0.3) is 0 Å². The van der Waals surface area contributed by atoms with Crippen LogP contribution in [-0.2, 0) is 4.87 Å². The number of hydrogen-bond acceptors (Lipinski definition) is 3. The van der Waals surface area contributed by atoms with E-state index in [-0.39, 0.29) is 4.87 Å². The van der Waals surface area contributed by atoms with Crippen molar-refractivity contribution in [1.29, 1.82) is 0 Å². The van der Waals surface area contributed by atoms with Crippen LogP contribution in [0.2, 0.25) is 0 Å². The molecule has 0 spiro atoms. The van der Waals surface area contributed by atoms with Gasteiger partial charge in [-0.2, -0.15) is 0 Å². The van der Waals surface area contributed by atoms with E-state index in [1.165, 1.54) is 30.6 Å². The normalized spacial score (nSPS) is 11.9. The molecule has 2 aromatic carbocycles. The summed E-state index contributed by atoms with van der Waals surface area (Å²) in [7, 11) is 0. The van der Waals surface area contributed by atoms with E-state index in [4.69, 9.17) is 0 Å². The second kappa shape index (κ2) is 8.52. The number of nitrogens with zero attached hydrogens (tertiary/aromatic N) is 3. The lowest BCUT2D eigenvalue weighted by molar-refractivity contribution is 0.333. The highest BCUT2D eigenvalue weighted by Gasteiger charge is 2.35. The van der Waals surface area contributed by atoms with Crippen LogP contribution >= 0.6 is 11.8 Å². The summed E-state index contributed by atoms with van der Waals surface area (Å²) in [6.45, 7) is 4.52. The minimum absolute atomic E-state index is 0.0799. The molecule has 0 unspecified atom stereocenters. The van der Waals surface area contributed by atoms with Crippen LogP contribution in [-0.4, -0.2) is 15.0 Å². The Labute approximate surface area is 154 Å². The highest BCUT2D eigenvalue weighted by atomic mass is 32.2. The third kappa shape index (κ3) is 4.06. The maximum absolute atomic E-state index is 4.62. The van der Waals surface area contributed by atoms with Crippen molar-refractivity contribution < 1.29 is 0 Å². The van der Waals surface area contributed by atoms with Crippen LogP contribution < -0.4 is 0 Å². The van der Waals surface area contributed by atoms with Gasteiger partial charge in [0, 0.05) is 4.90 Å². The summed E-state index contributed by atoms with van der Waals surface area (Å²) in [6, 6.07) is 19.0. The first-order valence-electron chi connectivity index (χ1n) is 9.34. The zero-order valence-corrected chi connectivity index (χ0v) is 16.0. The van der Waals surface area contributed by atoms with Crippen molar-refractivity contribution in [2.75, 3.05) is 0 Å². The molecule has 0 radical (unpaired) electrons. The van der Waals surface area contributed by atoms with Crippen molar-refractivity contribution in [3.8, 4) is 0 Å². The second-order valence-electron chi connectivity index (χ2n) is 6.56. The minimum atomic E-state index is -0.0799. The van der Waals surface area contributed by atoms with Gasteiger partial charge >= 0.3 is 0 Å². The summed E-state index contributed by atoms with van der Waals surface area (Å²) in [5.41, 5.74) is 2.12. The van der Waals surface area contributed by atoms with E-state index >= 15 is 0 Å². The van der Waals surface area contributed by atoms with Crippen LogP contribution in [0.3, 0.4) is 0 Å².